The van der Waals surface area contributed by atoms with Crippen LogP contribution in [-0.2, 0) is 4.74 Å². The Morgan fingerprint density at radius 1 is 1.26 bits per heavy atom. The minimum Gasteiger partial charge on any atom is -0.493 e. The molecule has 3 N–H and O–H groups in total. The summed E-state index contributed by atoms with van der Waals surface area (Å²) in [6.07, 6.45) is 0. The van der Waals surface area contributed by atoms with Crippen molar-refractivity contribution in [2.75, 3.05) is 58.9 Å². The van der Waals surface area contributed by atoms with Crippen molar-refractivity contribution >= 4 is 35.6 Å². The second kappa shape index (κ2) is 10.5. The van der Waals surface area contributed by atoms with Crippen molar-refractivity contribution in [1.29, 1.82) is 0 Å². The topological polar surface area (TPSA) is 81.3 Å². The van der Waals surface area contributed by atoms with Gasteiger partial charge in [0.15, 0.2) is 17.5 Å². The van der Waals surface area contributed by atoms with Gasteiger partial charge in [-0.15, -0.1) is 24.0 Å². The van der Waals surface area contributed by atoms with Gasteiger partial charge in [0, 0.05) is 31.4 Å². The third-order valence-corrected chi connectivity index (χ3v) is 3.46. The van der Waals surface area contributed by atoms with Gasteiger partial charge in [0.2, 0.25) is 0 Å². The highest BCUT2D eigenvalue weighted by Gasteiger charge is 2.09. The molecule has 1 heterocycles. The van der Waals surface area contributed by atoms with E-state index in [4.69, 9.17) is 19.9 Å². The molecule has 0 bridgehead atoms. The Hall–Kier alpha value is -1.26. The SMILES string of the molecule is COc1ccc(NC(N)=NCCN2CCOCC2)cc1OC.I. The van der Waals surface area contributed by atoms with Crippen molar-refractivity contribution in [3.63, 3.8) is 0 Å². The lowest BCUT2D eigenvalue weighted by Crippen LogP contribution is -2.38. The highest BCUT2D eigenvalue weighted by molar-refractivity contribution is 14.0. The van der Waals surface area contributed by atoms with E-state index < -0.39 is 0 Å². The Balaban J connectivity index is 0.00000264. The third kappa shape index (κ3) is 6.40. The number of nitrogens with two attached hydrogens (primary N) is 1. The van der Waals surface area contributed by atoms with E-state index in [1.807, 2.05) is 18.2 Å². The van der Waals surface area contributed by atoms with Crippen LogP contribution in [0.15, 0.2) is 23.2 Å². The minimum atomic E-state index is 0. The molecule has 0 spiro atoms. The number of anilines is 1. The van der Waals surface area contributed by atoms with Crippen LogP contribution in [-0.4, -0.2) is 64.5 Å². The van der Waals surface area contributed by atoms with Gasteiger partial charge in [-0.2, -0.15) is 0 Å². The fourth-order valence-corrected chi connectivity index (χ4v) is 2.24. The molecule has 0 aliphatic carbocycles. The molecular formula is C15H25IN4O3. The van der Waals surface area contributed by atoms with E-state index >= 15 is 0 Å². The van der Waals surface area contributed by atoms with Crippen LogP contribution in [0.3, 0.4) is 0 Å². The molecule has 1 aliphatic heterocycles. The number of halogens is 1. The van der Waals surface area contributed by atoms with Crippen molar-refractivity contribution in [3.05, 3.63) is 18.2 Å². The molecule has 130 valence electrons. The number of hydrogen-bond acceptors (Lipinski definition) is 5. The molecule has 23 heavy (non-hydrogen) atoms. The van der Waals surface area contributed by atoms with E-state index in [2.05, 4.69) is 15.2 Å². The maximum atomic E-state index is 5.91. The summed E-state index contributed by atoms with van der Waals surface area (Å²) < 4.78 is 15.8. The smallest absolute Gasteiger partial charge is 0.193 e. The molecule has 1 fully saturated rings. The lowest BCUT2D eigenvalue weighted by Gasteiger charge is -2.25. The van der Waals surface area contributed by atoms with Gasteiger partial charge in [-0.3, -0.25) is 9.89 Å². The second-order valence-corrected chi connectivity index (χ2v) is 4.92. The summed E-state index contributed by atoms with van der Waals surface area (Å²) in [6.45, 7) is 5.05. The molecule has 1 saturated heterocycles. The van der Waals surface area contributed by atoms with Gasteiger partial charge in [0.25, 0.3) is 0 Å². The average Bonchev–Trinajstić information content (AvgIpc) is 2.55. The molecule has 0 amide bonds. The van der Waals surface area contributed by atoms with Crippen LogP contribution in [0.2, 0.25) is 0 Å². The largest absolute Gasteiger partial charge is 0.493 e. The van der Waals surface area contributed by atoms with Crippen molar-refractivity contribution in [2.45, 2.75) is 0 Å². The summed E-state index contributed by atoms with van der Waals surface area (Å²) in [4.78, 5) is 6.66. The number of rotatable bonds is 6. The number of hydrogen-bond donors (Lipinski definition) is 2. The van der Waals surface area contributed by atoms with E-state index in [9.17, 15) is 0 Å². The molecule has 0 radical (unpaired) electrons. The monoisotopic (exact) mass is 436 g/mol. The van der Waals surface area contributed by atoms with Crippen LogP contribution >= 0.6 is 24.0 Å². The number of morpholine rings is 1. The van der Waals surface area contributed by atoms with Crippen LogP contribution in [0, 0.1) is 0 Å². The average molecular weight is 436 g/mol. The summed E-state index contributed by atoms with van der Waals surface area (Å²) in [7, 11) is 3.20. The summed E-state index contributed by atoms with van der Waals surface area (Å²) >= 11 is 0. The summed E-state index contributed by atoms with van der Waals surface area (Å²) in [5, 5.41) is 3.05. The van der Waals surface area contributed by atoms with E-state index in [1.165, 1.54) is 0 Å². The van der Waals surface area contributed by atoms with E-state index in [1.54, 1.807) is 14.2 Å². The Bertz CT molecular complexity index is 507. The quantitative estimate of drug-likeness (QED) is 0.399. The number of nitrogens with zero attached hydrogens (tertiary/aromatic N) is 2. The van der Waals surface area contributed by atoms with Crippen molar-refractivity contribution in [1.82, 2.24) is 4.90 Å². The van der Waals surface area contributed by atoms with Crippen LogP contribution in [0.5, 0.6) is 11.5 Å². The van der Waals surface area contributed by atoms with E-state index in [0.29, 0.717) is 24.0 Å². The number of aliphatic imine (C=N–C) groups is 1. The lowest BCUT2D eigenvalue weighted by atomic mass is 10.3. The standard InChI is InChI=1S/C15H24N4O3.HI/c1-20-13-4-3-12(11-14(13)21-2)18-15(16)17-5-6-19-7-9-22-10-8-19;/h3-4,11H,5-10H2,1-2H3,(H3,16,17,18);1H. The number of guanidine groups is 1. The van der Waals surface area contributed by atoms with Crippen LogP contribution in [0.1, 0.15) is 0 Å². The third-order valence-electron chi connectivity index (χ3n) is 3.46. The second-order valence-electron chi connectivity index (χ2n) is 4.92. The first-order valence-electron chi connectivity index (χ1n) is 7.32. The Morgan fingerprint density at radius 3 is 2.61 bits per heavy atom. The maximum Gasteiger partial charge on any atom is 0.193 e. The zero-order valence-corrected chi connectivity index (χ0v) is 15.9. The molecule has 1 aromatic rings. The van der Waals surface area contributed by atoms with E-state index in [-0.39, 0.29) is 24.0 Å². The maximum absolute atomic E-state index is 5.91. The zero-order chi connectivity index (χ0) is 15.8. The predicted molar refractivity (Wildman–Crippen MR) is 102 cm³/mol. The molecule has 1 aliphatic rings. The first kappa shape index (κ1) is 19.8. The molecule has 0 unspecified atom stereocenters. The van der Waals surface area contributed by atoms with Gasteiger partial charge >= 0.3 is 0 Å². The lowest BCUT2D eigenvalue weighted by molar-refractivity contribution is 0.0394. The molecule has 0 aromatic heterocycles. The zero-order valence-electron chi connectivity index (χ0n) is 13.6. The van der Waals surface area contributed by atoms with Gasteiger partial charge in [-0.25, -0.2) is 0 Å². The Kier molecular flexibility index (Phi) is 9.03. The molecule has 7 nitrogen and oxygen atoms in total. The molecule has 2 rings (SSSR count). The number of methoxy groups -OCH3 is 2. The Labute approximate surface area is 154 Å². The molecule has 0 saturated carbocycles. The normalized spacial score (nSPS) is 15.7. The summed E-state index contributed by atoms with van der Waals surface area (Å²) in [6, 6.07) is 5.51. The van der Waals surface area contributed by atoms with Crippen LogP contribution in [0.4, 0.5) is 5.69 Å². The predicted octanol–water partition coefficient (Wildman–Crippen LogP) is 1.38. The highest BCUT2D eigenvalue weighted by atomic mass is 127. The van der Waals surface area contributed by atoms with E-state index in [0.717, 1.165) is 38.5 Å². The van der Waals surface area contributed by atoms with Crippen molar-refractivity contribution in [3.8, 4) is 11.5 Å². The molecule has 0 atom stereocenters. The minimum absolute atomic E-state index is 0. The number of nitrogens with one attached hydrogen (secondary N) is 1. The fourth-order valence-electron chi connectivity index (χ4n) is 2.24. The molecule has 8 heteroatoms. The van der Waals surface area contributed by atoms with Crippen LogP contribution < -0.4 is 20.5 Å². The first-order chi connectivity index (χ1) is 10.7. The van der Waals surface area contributed by atoms with Gasteiger partial charge in [-0.05, 0) is 12.1 Å². The van der Waals surface area contributed by atoms with Crippen molar-refractivity contribution in [2.24, 2.45) is 10.7 Å². The van der Waals surface area contributed by atoms with Gasteiger partial charge < -0.3 is 25.3 Å². The fraction of sp³-hybridized carbons (Fsp3) is 0.533. The highest BCUT2D eigenvalue weighted by Crippen LogP contribution is 2.29. The molecule has 1 aromatic carbocycles. The first-order valence-corrected chi connectivity index (χ1v) is 7.32. The van der Waals surface area contributed by atoms with Gasteiger partial charge in [0.05, 0.1) is 34.0 Å². The number of ether oxygens (including phenoxy) is 3. The Morgan fingerprint density at radius 2 is 1.96 bits per heavy atom. The summed E-state index contributed by atoms with van der Waals surface area (Å²) in [5.74, 6) is 1.71. The van der Waals surface area contributed by atoms with Crippen LogP contribution in [0.25, 0.3) is 0 Å². The van der Waals surface area contributed by atoms with Gasteiger partial charge in [0.1, 0.15) is 0 Å². The molecular weight excluding hydrogens is 411 g/mol. The summed E-state index contributed by atoms with van der Waals surface area (Å²) in [5.41, 5.74) is 6.72. The van der Waals surface area contributed by atoms with Crippen molar-refractivity contribution < 1.29 is 14.2 Å². The van der Waals surface area contributed by atoms with Gasteiger partial charge in [-0.1, -0.05) is 0 Å². The number of benzene rings is 1.